The fourth-order valence-electron chi connectivity index (χ4n) is 2.73. The number of rotatable bonds is 7. The molecule has 1 unspecified atom stereocenters. The van der Waals surface area contributed by atoms with Gasteiger partial charge in [0.05, 0.1) is 6.61 Å². The van der Waals surface area contributed by atoms with Gasteiger partial charge in [-0.15, -0.1) is 11.8 Å². The molecular formula is C17H27N3O2S. The second-order valence-corrected chi connectivity index (χ2v) is 6.78. The number of ether oxygens (including phenoxy) is 1. The number of hydrogen-bond acceptors (Lipinski definition) is 4. The molecule has 0 aliphatic carbocycles. The van der Waals surface area contributed by atoms with Gasteiger partial charge in [0, 0.05) is 43.7 Å². The number of nitrogens with one attached hydrogen (secondary N) is 2. The molecule has 0 bridgehead atoms. The quantitative estimate of drug-likeness (QED) is 0.403. The van der Waals surface area contributed by atoms with E-state index < -0.39 is 0 Å². The van der Waals surface area contributed by atoms with E-state index >= 15 is 0 Å². The average Bonchev–Trinajstić information content (AvgIpc) is 3.05. The van der Waals surface area contributed by atoms with E-state index in [-0.39, 0.29) is 12.0 Å². The van der Waals surface area contributed by atoms with Gasteiger partial charge in [-0.05, 0) is 36.8 Å². The molecule has 2 rings (SSSR count). The number of hydrogen-bond donors (Lipinski definition) is 3. The predicted octanol–water partition coefficient (Wildman–Crippen LogP) is 1.86. The fourth-order valence-corrected chi connectivity index (χ4v) is 3.14. The molecule has 23 heavy (non-hydrogen) atoms. The molecule has 0 saturated carbocycles. The maximum absolute atomic E-state index is 9.28. The van der Waals surface area contributed by atoms with Crippen LogP contribution in [0.15, 0.2) is 34.2 Å². The van der Waals surface area contributed by atoms with Crippen molar-refractivity contribution in [2.45, 2.75) is 24.3 Å². The minimum absolute atomic E-state index is 0.0202. The van der Waals surface area contributed by atoms with Crippen LogP contribution in [0.2, 0.25) is 0 Å². The normalized spacial score (nSPS) is 21.4. The lowest BCUT2D eigenvalue weighted by Gasteiger charge is -2.27. The third kappa shape index (κ3) is 5.41. The highest BCUT2D eigenvalue weighted by Gasteiger charge is 2.34. The molecule has 1 saturated heterocycles. The summed E-state index contributed by atoms with van der Waals surface area (Å²) in [4.78, 5) is 5.54. The number of aliphatic hydroxyl groups is 1. The highest BCUT2D eigenvalue weighted by atomic mass is 32.2. The molecule has 0 radical (unpaired) electrons. The van der Waals surface area contributed by atoms with Gasteiger partial charge in [0.1, 0.15) is 0 Å². The Morgan fingerprint density at radius 1 is 1.35 bits per heavy atom. The smallest absolute Gasteiger partial charge is 0.191 e. The number of aliphatic imine (C=N–C) groups is 1. The zero-order valence-electron chi connectivity index (χ0n) is 14.0. The molecule has 0 amide bonds. The maximum atomic E-state index is 9.28. The van der Waals surface area contributed by atoms with Crippen molar-refractivity contribution in [2.75, 3.05) is 39.7 Å². The molecule has 0 spiro atoms. The molecule has 128 valence electrons. The topological polar surface area (TPSA) is 65.9 Å². The molecule has 1 aliphatic heterocycles. The summed E-state index contributed by atoms with van der Waals surface area (Å²) >= 11 is 1.74. The maximum Gasteiger partial charge on any atom is 0.191 e. The highest BCUT2D eigenvalue weighted by Crippen LogP contribution is 2.31. The Morgan fingerprint density at radius 2 is 2.13 bits per heavy atom. The second-order valence-electron chi connectivity index (χ2n) is 5.90. The van der Waals surface area contributed by atoms with E-state index in [4.69, 9.17) is 4.74 Å². The summed E-state index contributed by atoms with van der Waals surface area (Å²) in [5, 5.41) is 16.0. The van der Waals surface area contributed by atoms with E-state index in [1.165, 1.54) is 10.5 Å². The van der Waals surface area contributed by atoms with E-state index in [0.717, 1.165) is 38.5 Å². The van der Waals surface area contributed by atoms with Crippen LogP contribution in [0.5, 0.6) is 0 Å². The van der Waals surface area contributed by atoms with Gasteiger partial charge in [0.25, 0.3) is 0 Å². The van der Waals surface area contributed by atoms with Gasteiger partial charge in [0.15, 0.2) is 5.96 Å². The van der Waals surface area contributed by atoms with Crippen molar-refractivity contribution in [3.05, 3.63) is 29.8 Å². The molecule has 1 atom stereocenters. The van der Waals surface area contributed by atoms with Crippen molar-refractivity contribution in [3.8, 4) is 0 Å². The Balaban J connectivity index is 1.82. The predicted molar refractivity (Wildman–Crippen MR) is 96.0 cm³/mol. The van der Waals surface area contributed by atoms with Gasteiger partial charge in [-0.3, -0.25) is 4.99 Å². The number of aliphatic hydroxyl groups excluding tert-OH is 1. The van der Waals surface area contributed by atoms with Gasteiger partial charge in [-0.2, -0.15) is 0 Å². The van der Waals surface area contributed by atoms with Crippen molar-refractivity contribution in [1.29, 1.82) is 0 Å². The summed E-state index contributed by atoms with van der Waals surface area (Å²) in [6.07, 6.45) is 3.81. The Bertz CT molecular complexity index is 499. The molecule has 0 aromatic heterocycles. The summed E-state index contributed by atoms with van der Waals surface area (Å²) < 4.78 is 5.52. The zero-order valence-corrected chi connectivity index (χ0v) is 14.8. The van der Waals surface area contributed by atoms with Gasteiger partial charge in [0.2, 0.25) is 0 Å². The van der Waals surface area contributed by atoms with E-state index in [9.17, 15) is 5.11 Å². The van der Waals surface area contributed by atoms with Gasteiger partial charge < -0.3 is 20.5 Å². The lowest BCUT2D eigenvalue weighted by atomic mass is 9.84. The lowest BCUT2D eigenvalue weighted by Crippen LogP contribution is -2.44. The van der Waals surface area contributed by atoms with E-state index in [2.05, 4.69) is 46.1 Å². The molecule has 1 aliphatic rings. The number of guanidine groups is 1. The lowest BCUT2D eigenvalue weighted by molar-refractivity contribution is 0.127. The molecule has 3 N–H and O–H groups in total. The summed E-state index contributed by atoms with van der Waals surface area (Å²) in [6, 6.07) is 8.52. The van der Waals surface area contributed by atoms with Crippen molar-refractivity contribution >= 4 is 17.7 Å². The molecule has 6 heteroatoms. The minimum Gasteiger partial charge on any atom is -0.396 e. The van der Waals surface area contributed by atoms with Crippen LogP contribution in [0.25, 0.3) is 0 Å². The first-order valence-electron chi connectivity index (χ1n) is 7.97. The van der Waals surface area contributed by atoms with Crippen LogP contribution in [-0.2, 0) is 11.3 Å². The third-order valence-electron chi connectivity index (χ3n) is 4.30. The van der Waals surface area contributed by atoms with E-state index in [1.807, 2.05) is 0 Å². The van der Waals surface area contributed by atoms with Gasteiger partial charge in [-0.1, -0.05) is 12.1 Å². The third-order valence-corrected chi connectivity index (χ3v) is 5.04. The molecule has 5 nitrogen and oxygen atoms in total. The van der Waals surface area contributed by atoms with Crippen molar-refractivity contribution in [2.24, 2.45) is 10.4 Å². The SMILES string of the molecule is CN=C(NCc1ccc(SC)cc1)NCC1(CCO)CCOC1. The molecular weight excluding hydrogens is 310 g/mol. The largest absolute Gasteiger partial charge is 0.396 e. The first kappa shape index (κ1) is 18.1. The standard InChI is InChI=1S/C17H27N3O2S/c1-18-16(19-11-14-3-5-15(23-2)6-4-14)20-12-17(7-9-21)8-10-22-13-17/h3-6,21H,7-13H2,1-2H3,(H2,18,19,20). The summed E-state index contributed by atoms with van der Waals surface area (Å²) in [7, 11) is 1.77. The Kier molecular flexibility index (Phi) is 7.20. The highest BCUT2D eigenvalue weighted by molar-refractivity contribution is 7.98. The van der Waals surface area contributed by atoms with Crippen molar-refractivity contribution in [3.63, 3.8) is 0 Å². The second kappa shape index (κ2) is 9.15. The summed E-state index contributed by atoms with van der Waals surface area (Å²) in [5.74, 6) is 0.781. The molecule has 1 aromatic rings. The van der Waals surface area contributed by atoms with Gasteiger partial charge >= 0.3 is 0 Å². The van der Waals surface area contributed by atoms with Crippen LogP contribution in [0.1, 0.15) is 18.4 Å². The number of thioether (sulfide) groups is 1. The van der Waals surface area contributed by atoms with E-state index in [1.54, 1.807) is 18.8 Å². The summed E-state index contributed by atoms with van der Waals surface area (Å²) in [6.45, 7) is 3.17. The Morgan fingerprint density at radius 3 is 2.70 bits per heavy atom. The van der Waals surface area contributed by atoms with Crippen LogP contribution in [0.3, 0.4) is 0 Å². The van der Waals surface area contributed by atoms with E-state index in [0.29, 0.717) is 6.61 Å². The fraction of sp³-hybridized carbons (Fsp3) is 0.588. The number of benzene rings is 1. The average molecular weight is 337 g/mol. The van der Waals surface area contributed by atoms with Crippen LogP contribution >= 0.6 is 11.8 Å². The van der Waals surface area contributed by atoms with Crippen LogP contribution in [-0.4, -0.2) is 50.7 Å². The first-order chi connectivity index (χ1) is 11.2. The monoisotopic (exact) mass is 337 g/mol. The molecule has 1 fully saturated rings. The Labute approximate surface area is 142 Å². The van der Waals surface area contributed by atoms with Crippen LogP contribution in [0, 0.1) is 5.41 Å². The minimum atomic E-state index is 0.0202. The molecule has 1 heterocycles. The van der Waals surface area contributed by atoms with Gasteiger partial charge in [-0.25, -0.2) is 0 Å². The molecule has 1 aromatic carbocycles. The van der Waals surface area contributed by atoms with Crippen LogP contribution in [0.4, 0.5) is 0 Å². The van der Waals surface area contributed by atoms with Crippen molar-refractivity contribution < 1.29 is 9.84 Å². The van der Waals surface area contributed by atoms with Crippen molar-refractivity contribution in [1.82, 2.24) is 10.6 Å². The number of nitrogens with zero attached hydrogens (tertiary/aromatic N) is 1. The summed E-state index contributed by atoms with van der Waals surface area (Å²) in [5.41, 5.74) is 1.24. The van der Waals surface area contributed by atoms with Crippen LogP contribution < -0.4 is 10.6 Å². The zero-order chi connectivity index (χ0) is 16.5. The first-order valence-corrected chi connectivity index (χ1v) is 9.20. The Hall–Kier alpha value is -1.24.